The topological polar surface area (TPSA) is 38.8 Å². The van der Waals surface area contributed by atoms with Gasteiger partial charge in [0.15, 0.2) is 11.5 Å². The minimum atomic E-state index is 0.0577. The molecule has 1 unspecified atom stereocenters. The Hall–Kier alpha value is -1.55. The van der Waals surface area contributed by atoms with Gasteiger partial charge >= 0.3 is 0 Å². The molecule has 1 atom stereocenters. The smallest absolute Gasteiger partial charge is 0.161 e. The molecule has 0 saturated carbocycles. The molecule has 0 fully saturated rings. The van der Waals surface area contributed by atoms with Crippen molar-refractivity contribution < 1.29 is 14.3 Å². The van der Waals surface area contributed by atoms with Crippen molar-refractivity contribution in [2.45, 2.75) is 19.4 Å². The highest BCUT2D eigenvalue weighted by molar-refractivity contribution is 5.76. The molecule has 0 aliphatic heterocycles. The summed E-state index contributed by atoms with van der Waals surface area (Å²) in [6, 6.07) is 5.81. The maximum atomic E-state index is 11.3. The Morgan fingerprint density at radius 2 is 1.83 bits per heavy atom. The zero-order chi connectivity index (χ0) is 13.7. The molecule has 0 saturated heterocycles. The van der Waals surface area contributed by atoms with E-state index in [0.29, 0.717) is 17.9 Å². The predicted molar refractivity (Wildman–Crippen MR) is 71.3 cm³/mol. The predicted octanol–water partition coefficient (Wildman–Crippen LogP) is 2.29. The van der Waals surface area contributed by atoms with Crippen molar-refractivity contribution in [2.24, 2.45) is 0 Å². The van der Waals surface area contributed by atoms with E-state index in [2.05, 4.69) is 0 Å². The molecule has 0 heterocycles. The van der Waals surface area contributed by atoms with E-state index in [9.17, 15) is 4.79 Å². The molecule has 0 radical (unpaired) electrons. The van der Waals surface area contributed by atoms with E-state index in [0.717, 1.165) is 5.56 Å². The number of nitrogens with zero attached hydrogens (tertiary/aromatic N) is 1. The van der Waals surface area contributed by atoms with Crippen molar-refractivity contribution in [1.82, 2.24) is 4.90 Å². The molecule has 1 rings (SSSR count). The van der Waals surface area contributed by atoms with Crippen LogP contribution in [0.5, 0.6) is 11.5 Å². The molecule has 4 heteroatoms. The number of Topliss-reactive ketones (excluding diaryl/α,β-unsaturated/α-hetero) is 1. The average Bonchev–Trinajstić information content (AvgIpc) is 2.34. The van der Waals surface area contributed by atoms with Crippen LogP contribution in [0.3, 0.4) is 0 Å². The highest BCUT2D eigenvalue weighted by atomic mass is 16.5. The van der Waals surface area contributed by atoms with Crippen LogP contribution < -0.4 is 9.47 Å². The molecular weight excluding hydrogens is 230 g/mol. The van der Waals surface area contributed by atoms with Gasteiger partial charge in [0, 0.05) is 12.5 Å². The molecule has 4 nitrogen and oxygen atoms in total. The van der Waals surface area contributed by atoms with E-state index in [1.54, 1.807) is 21.1 Å². The first kappa shape index (κ1) is 14.5. The summed E-state index contributed by atoms with van der Waals surface area (Å²) in [4.78, 5) is 13.4. The Morgan fingerprint density at radius 3 is 2.28 bits per heavy atom. The number of rotatable bonds is 6. The van der Waals surface area contributed by atoms with Crippen LogP contribution in [0.25, 0.3) is 0 Å². The van der Waals surface area contributed by atoms with Crippen LogP contribution in [0.4, 0.5) is 0 Å². The van der Waals surface area contributed by atoms with E-state index in [1.165, 1.54) is 0 Å². The summed E-state index contributed by atoms with van der Waals surface area (Å²) in [6.45, 7) is 1.61. The van der Waals surface area contributed by atoms with Crippen LogP contribution in [0.2, 0.25) is 0 Å². The Labute approximate surface area is 108 Å². The lowest BCUT2D eigenvalue weighted by atomic mass is 10.0. The Balaban J connectivity index is 3.09. The second-order valence-electron chi connectivity index (χ2n) is 4.50. The van der Waals surface area contributed by atoms with Gasteiger partial charge in [-0.05, 0) is 38.7 Å². The van der Waals surface area contributed by atoms with Crippen LogP contribution in [0.15, 0.2) is 18.2 Å². The van der Waals surface area contributed by atoms with Crippen molar-refractivity contribution in [2.75, 3.05) is 28.3 Å². The van der Waals surface area contributed by atoms with Gasteiger partial charge in [-0.25, -0.2) is 0 Å². The van der Waals surface area contributed by atoms with Crippen LogP contribution in [-0.4, -0.2) is 39.0 Å². The summed E-state index contributed by atoms with van der Waals surface area (Å²) in [5.74, 6) is 1.55. The molecule has 0 aliphatic rings. The lowest BCUT2D eigenvalue weighted by molar-refractivity contribution is -0.118. The molecule has 0 bridgehead atoms. The number of hydrogen-bond acceptors (Lipinski definition) is 4. The largest absolute Gasteiger partial charge is 0.493 e. The number of benzene rings is 1. The van der Waals surface area contributed by atoms with E-state index in [-0.39, 0.29) is 11.8 Å². The Morgan fingerprint density at radius 1 is 1.22 bits per heavy atom. The molecular formula is C14H21NO3. The van der Waals surface area contributed by atoms with Gasteiger partial charge in [0.2, 0.25) is 0 Å². The third-order valence-corrected chi connectivity index (χ3v) is 2.90. The second kappa shape index (κ2) is 6.40. The average molecular weight is 251 g/mol. The van der Waals surface area contributed by atoms with Gasteiger partial charge in [-0.1, -0.05) is 6.07 Å². The lowest BCUT2D eigenvalue weighted by Crippen LogP contribution is -2.22. The fourth-order valence-corrected chi connectivity index (χ4v) is 1.93. The Bertz CT molecular complexity index is 416. The quantitative estimate of drug-likeness (QED) is 0.777. The number of methoxy groups -OCH3 is 2. The SMILES string of the molecule is COc1ccc(C(CC(C)=O)N(C)C)cc1OC. The fraction of sp³-hybridized carbons (Fsp3) is 0.500. The number of ketones is 1. The van der Waals surface area contributed by atoms with Crippen molar-refractivity contribution in [3.05, 3.63) is 23.8 Å². The maximum absolute atomic E-state index is 11.3. The van der Waals surface area contributed by atoms with Crippen LogP contribution >= 0.6 is 0 Å². The minimum Gasteiger partial charge on any atom is -0.493 e. The van der Waals surface area contributed by atoms with Crippen molar-refractivity contribution in [3.8, 4) is 11.5 Å². The molecule has 1 aromatic rings. The minimum absolute atomic E-state index is 0.0577. The first-order valence-corrected chi connectivity index (χ1v) is 5.87. The monoisotopic (exact) mass is 251 g/mol. The number of hydrogen-bond donors (Lipinski definition) is 0. The van der Waals surface area contributed by atoms with Crippen LogP contribution in [-0.2, 0) is 4.79 Å². The molecule has 18 heavy (non-hydrogen) atoms. The van der Waals surface area contributed by atoms with Gasteiger partial charge in [0.05, 0.1) is 14.2 Å². The van der Waals surface area contributed by atoms with E-state index < -0.39 is 0 Å². The molecule has 100 valence electrons. The van der Waals surface area contributed by atoms with E-state index in [4.69, 9.17) is 9.47 Å². The number of carbonyl (C=O) groups is 1. The van der Waals surface area contributed by atoms with Gasteiger partial charge < -0.3 is 14.4 Å². The standard InChI is InChI=1S/C14H21NO3/c1-10(16)8-12(15(2)3)11-6-7-13(17-4)14(9-11)18-5/h6-7,9,12H,8H2,1-5H3. The summed E-state index contributed by atoms with van der Waals surface area (Å²) in [5, 5.41) is 0. The summed E-state index contributed by atoms with van der Waals surface area (Å²) in [6.07, 6.45) is 0.489. The molecule has 0 amide bonds. The van der Waals surface area contributed by atoms with E-state index >= 15 is 0 Å². The summed E-state index contributed by atoms with van der Waals surface area (Å²) >= 11 is 0. The number of ether oxygens (including phenoxy) is 2. The van der Waals surface area contributed by atoms with Gasteiger partial charge in [-0.15, -0.1) is 0 Å². The highest BCUT2D eigenvalue weighted by Gasteiger charge is 2.18. The molecule has 0 N–H and O–H groups in total. The van der Waals surface area contributed by atoms with Crippen molar-refractivity contribution in [3.63, 3.8) is 0 Å². The molecule has 0 aliphatic carbocycles. The second-order valence-corrected chi connectivity index (χ2v) is 4.50. The molecule has 0 spiro atoms. The van der Waals surface area contributed by atoms with Gasteiger partial charge in [-0.3, -0.25) is 4.79 Å². The molecule has 1 aromatic carbocycles. The lowest BCUT2D eigenvalue weighted by Gasteiger charge is -2.24. The first-order valence-electron chi connectivity index (χ1n) is 5.87. The van der Waals surface area contributed by atoms with Crippen LogP contribution in [0, 0.1) is 0 Å². The first-order chi connectivity index (χ1) is 8.49. The maximum Gasteiger partial charge on any atom is 0.161 e. The van der Waals surface area contributed by atoms with Crippen molar-refractivity contribution in [1.29, 1.82) is 0 Å². The third-order valence-electron chi connectivity index (χ3n) is 2.90. The Kier molecular flexibility index (Phi) is 5.16. The zero-order valence-corrected chi connectivity index (χ0v) is 11.7. The van der Waals surface area contributed by atoms with E-state index in [1.807, 2.05) is 37.2 Å². The summed E-state index contributed by atoms with van der Waals surface area (Å²) < 4.78 is 10.5. The van der Waals surface area contributed by atoms with Gasteiger partial charge in [-0.2, -0.15) is 0 Å². The fourth-order valence-electron chi connectivity index (χ4n) is 1.93. The normalized spacial score (nSPS) is 12.3. The number of carbonyl (C=O) groups excluding carboxylic acids is 1. The zero-order valence-electron chi connectivity index (χ0n) is 11.7. The van der Waals surface area contributed by atoms with Crippen molar-refractivity contribution >= 4 is 5.78 Å². The van der Waals surface area contributed by atoms with Crippen LogP contribution in [0.1, 0.15) is 24.9 Å². The molecule has 0 aromatic heterocycles. The summed E-state index contributed by atoms with van der Waals surface area (Å²) in [5.41, 5.74) is 1.05. The van der Waals surface area contributed by atoms with Gasteiger partial charge in [0.25, 0.3) is 0 Å². The van der Waals surface area contributed by atoms with Gasteiger partial charge in [0.1, 0.15) is 5.78 Å². The third kappa shape index (κ3) is 3.47. The highest BCUT2D eigenvalue weighted by Crippen LogP contribution is 2.32. The summed E-state index contributed by atoms with van der Waals surface area (Å²) in [7, 11) is 7.14.